The number of anilines is 2. The van der Waals surface area contributed by atoms with Crippen LogP contribution in [0.4, 0.5) is 11.6 Å². The van der Waals surface area contributed by atoms with Gasteiger partial charge in [0.15, 0.2) is 5.96 Å². The van der Waals surface area contributed by atoms with Crippen LogP contribution >= 0.6 is 0 Å². The molecule has 0 fully saturated rings. The van der Waals surface area contributed by atoms with E-state index in [9.17, 15) is 0 Å². The van der Waals surface area contributed by atoms with Crippen molar-refractivity contribution in [3.8, 4) is 5.75 Å². The standard InChI is InChI=1S/C15H22N6O/c1-20(2)15-18-10-12(21(15)3)9-17-14(16)19-11-6-5-7-13(8-11)22-4/h5-8,10H,9H2,1-4H3,(H3,16,17,19). The molecule has 0 aliphatic heterocycles. The quantitative estimate of drug-likeness (QED) is 0.645. The van der Waals surface area contributed by atoms with Crippen LogP contribution in [0.2, 0.25) is 0 Å². The van der Waals surface area contributed by atoms with Gasteiger partial charge in [-0.05, 0) is 12.1 Å². The first kappa shape index (κ1) is 15.7. The maximum atomic E-state index is 5.92. The van der Waals surface area contributed by atoms with Gasteiger partial charge in [0.25, 0.3) is 0 Å². The highest BCUT2D eigenvalue weighted by Crippen LogP contribution is 2.16. The minimum Gasteiger partial charge on any atom is -0.497 e. The predicted octanol–water partition coefficient (Wildman–Crippen LogP) is 1.42. The molecule has 7 nitrogen and oxygen atoms in total. The molecule has 7 heteroatoms. The lowest BCUT2D eigenvalue weighted by Gasteiger charge is -2.12. The lowest BCUT2D eigenvalue weighted by atomic mass is 10.3. The SMILES string of the molecule is COc1cccc(NC(N)=NCc2cnc(N(C)C)n2C)c1. The van der Waals surface area contributed by atoms with Crippen molar-refractivity contribution in [1.29, 1.82) is 0 Å². The topological polar surface area (TPSA) is 80.7 Å². The second-order valence-electron chi connectivity index (χ2n) is 5.06. The van der Waals surface area contributed by atoms with Crippen molar-refractivity contribution in [1.82, 2.24) is 9.55 Å². The van der Waals surface area contributed by atoms with Crippen LogP contribution in [-0.2, 0) is 13.6 Å². The molecule has 0 bridgehead atoms. The van der Waals surface area contributed by atoms with E-state index in [0.717, 1.165) is 23.1 Å². The van der Waals surface area contributed by atoms with Crippen molar-refractivity contribution in [3.05, 3.63) is 36.2 Å². The zero-order chi connectivity index (χ0) is 16.1. The predicted molar refractivity (Wildman–Crippen MR) is 89.5 cm³/mol. The molecule has 0 spiro atoms. The molecule has 1 aromatic heterocycles. The maximum Gasteiger partial charge on any atom is 0.204 e. The van der Waals surface area contributed by atoms with Crippen LogP contribution in [-0.4, -0.2) is 36.7 Å². The van der Waals surface area contributed by atoms with Gasteiger partial charge in [-0.15, -0.1) is 0 Å². The van der Waals surface area contributed by atoms with E-state index in [1.54, 1.807) is 13.3 Å². The van der Waals surface area contributed by atoms with Crippen molar-refractivity contribution in [2.24, 2.45) is 17.8 Å². The molecule has 0 saturated heterocycles. The Morgan fingerprint density at radius 3 is 2.86 bits per heavy atom. The van der Waals surface area contributed by atoms with Gasteiger partial charge in [0.2, 0.25) is 5.95 Å². The smallest absolute Gasteiger partial charge is 0.204 e. The number of hydrogen-bond acceptors (Lipinski definition) is 4. The van der Waals surface area contributed by atoms with Crippen LogP contribution in [0.5, 0.6) is 5.75 Å². The number of aliphatic imine (C=N–C) groups is 1. The Morgan fingerprint density at radius 2 is 2.23 bits per heavy atom. The Balaban J connectivity index is 2.03. The van der Waals surface area contributed by atoms with Crippen molar-refractivity contribution in [2.45, 2.75) is 6.54 Å². The molecule has 22 heavy (non-hydrogen) atoms. The molecule has 0 amide bonds. The highest BCUT2D eigenvalue weighted by molar-refractivity contribution is 5.92. The second kappa shape index (κ2) is 6.84. The molecule has 118 valence electrons. The Kier molecular flexibility index (Phi) is 4.88. The highest BCUT2D eigenvalue weighted by Gasteiger charge is 2.07. The van der Waals surface area contributed by atoms with Crippen molar-refractivity contribution in [3.63, 3.8) is 0 Å². The number of nitrogens with one attached hydrogen (secondary N) is 1. The number of hydrogen-bond donors (Lipinski definition) is 2. The summed E-state index contributed by atoms with van der Waals surface area (Å²) in [5.74, 6) is 1.99. The highest BCUT2D eigenvalue weighted by atomic mass is 16.5. The molecule has 0 radical (unpaired) electrons. The lowest BCUT2D eigenvalue weighted by molar-refractivity contribution is 0.415. The first-order valence-corrected chi connectivity index (χ1v) is 6.90. The van der Waals surface area contributed by atoms with E-state index in [1.165, 1.54) is 0 Å². The summed E-state index contributed by atoms with van der Waals surface area (Å²) in [4.78, 5) is 10.6. The maximum absolute atomic E-state index is 5.92. The molecule has 0 atom stereocenters. The van der Waals surface area contributed by atoms with Crippen LogP contribution in [0.25, 0.3) is 0 Å². The van der Waals surface area contributed by atoms with Gasteiger partial charge in [0, 0.05) is 32.9 Å². The summed E-state index contributed by atoms with van der Waals surface area (Å²) in [6.45, 7) is 0.458. The van der Waals surface area contributed by atoms with E-state index in [2.05, 4.69) is 15.3 Å². The van der Waals surface area contributed by atoms with E-state index in [0.29, 0.717) is 12.5 Å². The largest absolute Gasteiger partial charge is 0.497 e. The van der Waals surface area contributed by atoms with Gasteiger partial charge < -0.3 is 25.3 Å². The third-order valence-electron chi connectivity index (χ3n) is 3.21. The lowest BCUT2D eigenvalue weighted by Crippen LogP contribution is -2.22. The number of ether oxygens (including phenoxy) is 1. The minimum atomic E-state index is 0.348. The van der Waals surface area contributed by atoms with E-state index in [4.69, 9.17) is 10.5 Å². The zero-order valence-electron chi connectivity index (χ0n) is 13.4. The number of methoxy groups -OCH3 is 1. The van der Waals surface area contributed by atoms with Crippen molar-refractivity contribution >= 4 is 17.6 Å². The summed E-state index contributed by atoms with van der Waals surface area (Å²) in [6.07, 6.45) is 1.80. The Labute approximate surface area is 130 Å². The summed E-state index contributed by atoms with van der Waals surface area (Å²) >= 11 is 0. The summed E-state index contributed by atoms with van der Waals surface area (Å²) < 4.78 is 7.16. The number of nitrogens with zero attached hydrogens (tertiary/aromatic N) is 4. The fraction of sp³-hybridized carbons (Fsp3) is 0.333. The molecule has 2 rings (SSSR count). The van der Waals surface area contributed by atoms with Gasteiger partial charge in [0.1, 0.15) is 5.75 Å². The summed E-state index contributed by atoms with van der Waals surface area (Å²) in [5.41, 5.74) is 7.74. The van der Waals surface area contributed by atoms with E-state index >= 15 is 0 Å². The van der Waals surface area contributed by atoms with E-state index < -0.39 is 0 Å². The average molecular weight is 302 g/mol. The number of imidazole rings is 1. The number of benzene rings is 1. The number of guanidine groups is 1. The van der Waals surface area contributed by atoms with Crippen LogP contribution in [0.3, 0.4) is 0 Å². The first-order chi connectivity index (χ1) is 10.5. The molecule has 0 unspecified atom stereocenters. The fourth-order valence-corrected chi connectivity index (χ4v) is 2.05. The van der Waals surface area contributed by atoms with Crippen molar-refractivity contribution < 1.29 is 4.74 Å². The van der Waals surface area contributed by atoms with Gasteiger partial charge in [0.05, 0.1) is 25.5 Å². The minimum absolute atomic E-state index is 0.348. The Bertz CT molecular complexity index is 662. The van der Waals surface area contributed by atoms with E-state index in [-0.39, 0.29) is 0 Å². The van der Waals surface area contributed by atoms with Gasteiger partial charge in [-0.1, -0.05) is 6.07 Å². The fourth-order valence-electron chi connectivity index (χ4n) is 2.05. The third-order valence-corrected chi connectivity index (χ3v) is 3.21. The van der Waals surface area contributed by atoms with Crippen molar-refractivity contribution in [2.75, 3.05) is 31.4 Å². The molecular weight excluding hydrogens is 280 g/mol. The first-order valence-electron chi connectivity index (χ1n) is 6.90. The normalized spacial score (nSPS) is 11.4. The molecule has 0 aliphatic carbocycles. The summed E-state index contributed by atoms with van der Waals surface area (Å²) in [6, 6.07) is 7.52. The average Bonchev–Trinajstić information content (AvgIpc) is 2.86. The van der Waals surface area contributed by atoms with Crippen LogP contribution in [0.15, 0.2) is 35.5 Å². The third kappa shape index (κ3) is 3.69. The van der Waals surface area contributed by atoms with E-state index in [1.807, 2.05) is 54.9 Å². The van der Waals surface area contributed by atoms with Crippen LogP contribution in [0, 0.1) is 0 Å². The number of aromatic nitrogens is 2. The molecule has 3 N–H and O–H groups in total. The molecule has 0 aliphatic rings. The summed E-state index contributed by atoms with van der Waals surface area (Å²) in [5, 5.41) is 3.04. The van der Waals surface area contributed by atoms with Crippen LogP contribution in [0.1, 0.15) is 5.69 Å². The monoisotopic (exact) mass is 302 g/mol. The zero-order valence-corrected chi connectivity index (χ0v) is 13.4. The van der Waals surface area contributed by atoms with Gasteiger partial charge in [-0.25, -0.2) is 9.98 Å². The van der Waals surface area contributed by atoms with Gasteiger partial charge >= 0.3 is 0 Å². The van der Waals surface area contributed by atoms with Gasteiger partial charge in [-0.2, -0.15) is 0 Å². The second-order valence-corrected chi connectivity index (χ2v) is 5.06. The van der Waals surface area contributed by atoms with Crippen LogP contribution < -0.4 is 20.7 Å². The molecule has 2 aromatic rings. The van der Waals surface area contributed by atoms with Gasteiger partial charge in [-0.3, -0.25) is 0 Å². The molecular formula is C15H22N6O. The number of nitrogens with two attached hydrogens (primary N) is 1. The Hall–Kier alpha value is -2.70. The number of rotatable bonds is 5. The molecule has 1 aromatic carbocycles. The molecule has 0 saturated carbocycles. The molecule has 1 heterocycles. The Morgan fingerprint density at radius 1 is 1.45 bits per heavy atom. The summed E-state index contributed by atoms with van der Waals surface area (Å²) in [7, 11) is 7.49.